The van der Waals surface area contributed by atoms with Crippen LogP contribution in [-0.4, -0.2) is 16.6 Å². The van der Waals surface area contributed by atoms with Gasteiger partial charge in [-0.1, -0.05) is 37.1 Å². The number of H-pyrrole nitrogens is 1. The molecular weight excluding hydrogens is 331 g/mol. The number of nitrogens with zero attached hydrogens (tertiary/aromatic N) is 1. The average Bonchev–Trinajstić information content (AvgIpc) is 2.57. The molecule has 3 rings (SSSR count). The minimum atomic E-state index is -0.628. The SMILES string of the molecule is CCCCOc1ccc(Cl)c(-c2nc3ccccc3c(=O)[nH]2)c1F. The van der Waals surface area contributed by atoms with Gasteiger partial charge in [-0.15, -0.1) is 0 Å². The third kappa shape index (κ3) is 3.12. The molecule has 24 heavy (non-hydrogen) atoms. The summed E-state index contributed by atoms with van der Waals surface area (Å²) in [6.07, 6.45) is 1.77. The molecule has 1 aromatic heterocycles. The van der Waals surface area contributed by atoms with E-state index in [4.69, 9.17) is 16.3 Å². The fourth-order valence-electron chi connectivity index (χ4n) is 2.39. The molecule has 0 amide bonds. The Hall–Kier alpha value is -2.40. The van der Waals surface area contributed by atoms with E-state index in [0.717, 1.165) is 12.8 Å². The summed E-state index contributed by atoms with van der Waals surface area (Å²) < 4.78 is 20.3. The highest BCUT2D eigenvalue weighted by atomic mass is 35.5. The molecule has 124 valence electrons. The van der Waals surface area contributed by atoms with E-state index in [1.54, 1.807) is 24.3 Å². The van der Waals surface area contributed by atoms with E-state index in [2.05, 4.69) is 9.97 Å². The van der Waals surface area contributed by atoms with Gasteiger partial charge in [0.05, 0.1) is 28.1 Å². The van der Waals surface area contributed by atoms with Crippen LogP contribution in [0.4, 0.5) is 4.39 Å². The Bertz CT molecular complexity index is 940. The van der Waals surface area contributed by atoms with E-state index in [9.17, 15) is 9.18 Å². The molecule has 0 aliphatic carbocycles. The van der Waals surface area contributed by atoms with Gasteiger partial charge in [-0.05, 0) is 30.7 Å². The van der Waals surface area contributed by atoms with Crippen LogP contribution < -0.4 is 10.3 Å². The van der Waals surface area contributed by atoms with E-state index < -0.39 is 5.82 Å². The summed E-state index contributed by atoms with van der Waals surface area (Å²) >= 11 is 6.14. The Labute approximate surface area is 143 Å². The molecule has 1 N–H and O–H groups in total. The van der Waals surface area contributed by atoms with Crippen LogP contribution >= 0.6 is 11.6 Å². The fraction of sp³-hybridized carbons (Fsp3) is 0.222. The van der Waals surface area contributed by atoms with Crippen LogP contribution in [0.15, 0.2) is 41.2 Å². The van der Waals surface area contributed by atoms with Crippen molar-refractivity contribution in [3.8, 4) is 17.1 Å². The number of aromatic amines is 1. The summed E-state index contributed by atoms with van der Waals surface area (Å²) in [5.41, 5.74) is 0.168. The number of aromatic nitrogens is 2. The first-order chi connectivity index (χ1) is 11.6. The topological polar surface area (TPSA) is 55.0 Å². The molecule has 0 unspecified atom stereocenters. The number of halogens is 2. The number of fused-ring (bicyclic) bond motifs is 1. The summed E-state index contributed by atoms with van der Waals surface area (Å²) in [7, 11) is 0. The number of unbranched alkanes of at least 4 members (excludes halogenated alkanes) is 1. The first-order valence-corrected chi connectivity index (χ1v) is 8.10. The summed E-state index contributed by atoms with van der Waals surface area (Å²) in [5.74, 6) is -0.446. The molecular formula is C18H16ClFN2O2. The van der Waals surface area contributed by atoms with Crippen molar-refractivity contribution in [3.63, 3.8) is 0 Å². The number of hydrogen-bond acceptors (Lipinski definition) is 3. The van der Waals surface area contributed by atoms with Gasteiger partial charge in [0, 0.05) is 0 Å². The van der Waals surface area contributed by atoms with Crippen LogP contribution in [0, 0.1) is 5.82 Å². The largest absolute Gasteiger partial charge is 0.490 e. The maximum Gasteiger partial charge on any atom is 0.259 e. The number of nitrogens with one attached hydrogen (secondary N) is 1. The average molecular weight is 347 g/mol. The van der Waals surface area contributed by atoms with Crippen molar-refractivity contribution in [3.05, 3.63) is 57.6 Å². The minimum Gasteiger partial charge on any atom is -0.490 e. The van der Waals surface area contributed by atoms with Gasteiger partial charge in [0.1, 0.15) is 5.82 Å². The molecule has 0 atom stereocenters. The second-order valence-corrected chi connectivity index (χ2v) is 5.78. The molecule has 1 heterocycles. The normalized spacial score (nSPS) is 11.0. The second-order valence-electron chi connectivity index (χ2n) is 5.37. The van der Waals surface area contributed by atoms with Crippen LogP contribution in [0.3, 0.4) is 0 Å². The maximum absolute atomic E-state index is 14.8. The number of rotatable bonds is 5. The highest BCUT2D eigenvalue weighted by Crippen LogP contribution is 2.34. The molecule has 4 nitrogen and oxygen atoms in total. The number of ether oxygens (including phenoxy) is 1. The predicted molar refractivity (Wildman–Crippen MR) is 93.2 cm³/mol. The summed E-state index contributed by atoms with van der Waals surface area (Å²) in [5, 5.41) is 0.599. The van der Waals surface area contributed by atoms with Gasteiger partial charge in [0.2, 0.25) is 0 Å². The molecule has 0 fully saturated rings. The van der Waals surface area contributed by atoms with Gasteiger partial charge in [0.25, 0.3) is 5.56 Å². The zero-order valence-corrected chi connectivity index (χ0v) is 13.9. The third-order valence-corrected chi connectivity index (χ3v) is 3.98. The highest BCUT2D eigenvalue weighted by Gasteiger charge is 2.18. The van der Waals surface area contributed by atoms with E-state index in [1.165, 1.54) is 12.1 Å². The van der Waals surface area contributed by atoms with Crippen LogP contribution in [0.5, 0.6) is 5.75 Å². The van der Waals surface area contributed by atoms with Crippen molar-refractivity contribution in [1.82, 2.24) is 9.97 Å². The van der Waals surface area contributed by atoms with E-state index in [1.807, 2.05) is 6.92 Å². The molecule has 0 radical (unpaired) electrons. The molecule has 2 aromatic carbocycles. The van der Waals surface area contributed by atoms with Gasteiger partial charge in [-0.25, -0.2) is 9.37 Å². The summed E-state index contributed by atoms with van der Waals surface area (Å²) in [4.78, 5) is 19.1. The molecule has 0 saturated carbocycles. The lowest BCUT2D eigenvalue weighted by atomic mass is 10.1. The Morgan fingerprint density at radius 2 is 2.04 bits per heavy atom. The van der Waals surface area contributed by atoms with Crippen LogP contribution in [0.2, 0.25) is 5.02 Å². The van der Waals surface area contributed by atoms with Crippen LogP contribution in [-0.2, 0) is 0 Å². The summed E-state index contributed by atoms with van der Waals surface area (Å²) in [6.45, 7) is 2.44. The predicted octanol–water partition coefficient (Wildman–Crippen LogP) is 4.56. The Morgan fingerprint density at radius 1 is 1.25 bits per heavy atom. The van der Waals surface area contributed by atoms with Crippen molar-refractivity contribution in [2.24, 2.45) is 0 Å². The number of hydrogen-bond donors (Lipinski definition) is 1. The lowest BCUT2D eigenvalue weighted by Gasteiger charge is -2.11. The van der Waals surface area contributed by atoms with Crippen molar-refractivity contribution >= 4 is 22.5 Å². The zero-order chi connectivity index (χ0) is 17.1. The van der Waals surface area contributed by atoms with E-state index >= 15 is 0 Å². The number of benzene rings is 2. The molecule has 0 bridgehead atoms. The quantitative estimate of drug-likeness (QED) is 0.689. The monoisotopic (exact) mass is 346 g/mol. The van der Waals surface area contributed by atoms with Crippen LogP contribution in [0.1, 0.15) is 19.8 Å². The molecule has 6 heteroatoms. The van der Waals surface area contributed by atoms with Gasteiger partial charge in [-0.3, -0.25) is 4.79 Å². The van der Waals surface area contributed by atoms with Gasteiger partial charge in [0.15, 0.2) is 11.6 Å². The van der Waals surface area contributed by atoms with E-state index in [-0.39, 0.29) is 27.7 Å². The van der Waals surface area contributed by atoms with Crippen molar-refractivity contribution in [1.29, 1.82) is 0 Å². The molecule has 3 aromatic rings. The second kappa shape index (κ2) is 7.01. The van der Waals surface area contributed by atoms with Crippen molar-refractivity contribution in [2.75, 3.05) is 6.61 Å². The van der Waals surface area contributed by atoms with Gasteiger partial charge >= 0.3 is 0 Å². The standard InChI is InChI=1S/C18H16ClFN2O2/c1-2-3-10-24-14-9-8-12(19)15(16(14)20)17-21-13-7-5-4-6-11(13)18(23)22-17/h4-9H,2-3,10H2,1H3,(H,21,22,23). The molecule has 0 spiro atoms. The highest BCUT2D eigenvalue weighted by molar-refractivity contribution is 6.33. The molecule has 0 aliphatic heterocycles. The smallest absolute Gasteiger partial charge is 0.259 e. The first-order valence-electron chi connectivity index (χ1n) is 7.72. The Kier molecular flexibility index (Phi) is 4.81. The third-order valence-electron chi connectivity index (χ3n) is 3.66. The Balaban J connectivity index is 2.12. The Morgan fingerprint density at radius 3 is 2.83 bits per heavy atom. The van der Waals surface area contributed by atoms with Crippen molar-refractivity contribution in [2.45, 2.75) is 19.8 Å². The van der Waals surface area contributed by atoms with Gasteiger partial charge < -0.3 is 9.72 Å². The lowest BCUT2D eigenvalue weighted by Crippen LogP contribution is -2.10. The lowest BCUT2D eigenvalue weighted by molar-refractivity contribution is 0.294. The molecule has 0 saturated heterocycles. The summed E-state index contributed by atoms with van der Waals surface area (Å²) in [6, 6.07) is 9.89. The minimum absolute atomic E-state index is 0.0357. The zero-order valence-electron chi connectivity index (χ0n) is 13.1. The van der Waals surface area contributed by atoms with Crippen LogP contribution in [0.25, 0.3) is 22.3 Å². The van der Waals surface area contributed by atoms with E-state index in [0.29, 0.717) is 17.5 Å². The molecule has 0 aliphatic rings. The fourth-order valence-corrected chi connectivity index (χ4v) is 2.63. The van der Waals surface area contributed by atoms with Gasteiger partial charge in [-0.2, -0.15) is 0 Å². The first kappa shape index (κ1) is 16.5. The maximum atomic E-state index is 14.8. The van der Waals surface area contributed by atoms with Crippen molar-refractivity contribution < 1.29 is 9.13 Å². The number of para-hydroxylation sites is 1.